The van der Waals surface area contributed by atoms with E-state index in [9.17, 15) is 4.79 Å². The van der Waals surface area contributed by atoms with Crippen LogP contribution in [0.2, 0.25) is 0 Å². The Morgan fingerprint density at radius 3 is 2.90 bits per heavy atom. The molecule has 3 aromatic heterocycles. The molecule has 0 radical (unpaired) electrons. The fourth-order valence-electron chi connectivity index (χ4n) is 2.03. The molecule has 98 valence electrons. The summed E-state index contributed by atoms with van der Waals surface area (Å²) in [6.45, 7) is 0. The molecule has 20 heavy (non-hydrogen) atoms. The van der Waals surface area contributed by atoms with Crippen molar-refractivity contribution in [3.63, 3.8) is 0 Å². The Labute approximate surface area is 114 Å². The molecule has 5 nitrogen and oxygen atoms in total. The largest absolute Gasteiger partial charge is 0.478 e. The van der Waals surface area contributed by atoms with Crippen molar-refractivity contribution < 1.29 is 9.90 Å². The quantitative estimate of drug-likeness (QED) is 0.739. The SMILES string of the molecule is O=C(O)/C=C/c1nc(-c2cccnc2)n2ccccc12. The highest BCUT2D eigenvalue weighted by molar-refractivity contribution is 5.87. The van der Waals surface area contributed by atoms with Crippen LogP contribution in [0.5, 0.6) is 0 Å². The second-order valence-electron chi connectivity index (χ2n) is 4.19. The average Bonchev–Trinajstić information content (AvgIpc) is 2.85. The normalized spacial score (nSPS) is 11.2. The van der Waals surface area contributed by atoms with Gasteiger partial charge in [0.2, 0.25) is 0 Å². The molecule has 0 spiro atoms. The number of aliphatic carboxylic acids is 1. The van der Waals surface area contributed by atoms with Crippen LogP contribution < -0.4 is 0 Å². The lowest BCUT2D eigenvalue weighted by atomic mass is 10.3. The molecule has 0 aliphatic rings. The van der Waals surface area contributed by atoms with Gasteiger partial charge in [-0.3, -0.25) is 9.38 Å². The monoisotopic (exact) mass is 265 g/mol. The minimum atomic E-state index is -0.995. The second-order valence-corrected chi connectivity index (χ2v) is 4.19. The first-order valence-electron chi connectivity index (χ1n) is 6.04. The Morgan fingerprint density at radius 2 is 2.15 bits per heavy atom. The number of carboxylic acid groups (broad SMARTS) is 1. The van der Waals surface area contributed by atoms with Crippen LogP contribution in [0.25, 0.3) is 23.0 Å². The molecule has 3 rings (SSSR count). The minimum Gasteiger partial charge on any atom is -0.478 e. The van der Waals surface area contributed by atoms with Crippen LogP contribution in [0.1, 0.15) is 5.69 Å². The number of carbonyl (C=O) groups is 1. The molecular weight excluding hydrogens is 254 g/mol. The maximum absolute atomic E-state index is 10.7. The Bertz CT molecular complexity index is 791. The third kappa shape index (κ3) is 2.16. The lowest BCUT2D eigenvalue weighted by Crippen LogP contribution is -1.88. The third-order valence-electron chi connectivity index (χ3n) is 2.88. The van der Waals surface area contributed by atoms with Crippen molar-refractivity contribution in [2.45, 2.75) is 0 Å². The highest BCUT2D eigenvalue weighted by atomic mass is 16.4. The topological polar surface area (TPSA) is 67.5 Å². The molecule has 0 atom stereocenters. The fraction of sp³-hybridized carbons (Fsp3) is 0. The van der Waals surface area contributed by atoms with Gasteiger partial charge in [-0.2, -0.15) is 0 Å². The van der Waals surface area contributed by atoms with E-state index in [1.807, 2.05) is 40.9 Å². The van der Waals surface area contributed by atoms with Crippen LogP contribution in [0.3, 0.4) is 0 Å². The molecular formula is C15H11N3O2. The second kappa shape index (κ2) is 4.97. The summed E-state index contributed by atoms with van der Waals surface area (Å²) in [6.07, 6.45) is 7.90. The Balaban J connectivity index is 2.21. The standard InChI is InChI=1S/C15H11N3O2/c19-14(20)7-6-12-13-5-1-2-9-18(13)15(17-12)11-4-3-8-16-10-11/h1-10H,(H,19,20)/b7-6+. The number of aromatic nitrogens is 3. The van der Waals surface area contributed by atoms with Gasteiger partial charge in [0, 0.05) is 30.2 Å². The highest BCUT2D eigenvalue weighted by Gasteiger charge is 2.10. The predicted molar refractivity (Wildman–Crippen MR) is 75.1 cm³/mol. The van der Waals surface area contributed by atoms with Crippen molar-refractivity contribution in [2.75, 3.05) is 0 Å². The highest BCUT2D eigenvalue weighted by Crippen LogP contribution is 2.22. The average molecular weight is 265 g/mol. The van der Waals surface area contributed by atoms with Gasteiger partial charge in [-0.05, 0) is 30.3 Å². The number of pyridine rings is 2. The summed E-state index contributed by atoms with van der Waals surface area (Å²) in [5.74, 6) is -0.260. The van der Waals surface area contributed by atoms with E-state index in [1.54, 1.807) is 12.4 Å². The van der Waals surface area contributed by atoms with Gasteiger partial charge in [0.05, 0.1) is 11.2 Å². The smallest absolute Gasteiger partial charge is 0.328 e. The lowest BCUT2D eigenvalue weighted by molar-refractivity contribution is -0.131. The van der Waals surface area contributed by atoms with Crippen molar-refractivity contribution in [1.82, 2.24) is 14.4 Å². The van der Waals surface area contributed by atoms with Crippen LogP contribution in [0, 0.1) is 0 Å². The fourth-order valence-corrected chi connectivity index (χ4v) is 2.03. The Morgan fingerprint density at radius 1 is 1.25 bits per heavy atom. The number of fused-ring (bicyclic) bond motifs is 1. The summed E-state index contributed by atoms with van der Waals surface area (Å²) in [6, 6.07) is 9.45. The maximum Gasteiger partial charge on any atom is 0.328 e. The zero-order valence-electron chi connectivity index (χ0n) is 10.5. The first-order chi connectivity index (χ1) is 9.75. The van der Waals surface area contributed by atoms with Crippen LogP contribution >= 0.6 is 0 Å². The summed E-state index contributed by atoms with van der Waals surface area (Å²) in [5, 5.41) is 8.74. The zero-order chi connectivity index (χ0) is 13.9. The molecule has 0 amide bonds. The van der Waals surface area contributed by atoms with Crippen molar-refractivity contribution >= 4 is 17.6 Å². The summed E-state index contributed by atoms with van der Waals surface area (Å²) in [4.78, 5) is 19.2. The molecule has 0 aliphatic carbocycles. The van der Waals surface area contributed by atoms with Crippen LogP contribution in [-0.4, -0.2) is 25.4 Å². The number of imidazole rings is 1. The van der Waals surface area contributed by atoms with E-state index in [1.165, 1.54) is 6.08 Å². The number of nitrogens with zero attached hydrogens (tertiary/aromatic N) is 3. The number of hydrogen-bond acceptors (Lipinski definition) is 3. The van der Waals surface area contributed by atoms with Gasteiger partial charge in [-0.15, -0.1) is 0 Å². The molecule has 0 aliphatic heterocycles. The number of carboxylic acids is 1. The summed E-state index contributed by atoms with van der Waals surface area (Å²) in [5.41, 5.74) is 2.35. The first kappa shape index (κ1) is 12.1. The first-order valence-corrected chi connectivity index (χ1v) is 6.04. The van der Waals surface area contributed by atoms with Crippen molar-refractivity contribution in [3.8, 4) is 11.4 Å². The zero-order valence-corrected chi connectivity index (χ0v) is 10.5. The van der Waals surface area contributed by atoms with Crippen LogP contribution in [0.4, 0.5) is 0 Å². The van der Waals surface area contributed by atoms with Gasteiger partial charge in [-0.1, -0.05) is 6.07 Å². The molecule has 0 saturated heterocycles. The molecule has 1 N–H and O–H groups in total. The van der Waals surface area contributed by atoms with Gasteiger partial charge in [0.25, 0.3) is 0 Å². The molecule has 0 fully saturated rings. The third-order valence-corrected chi connectivity index (χ3v) is 2.88. The van der Waals surface area contributed by atoms with Gasteiger partial charge in [-0.25, -0.2) is 9.78 Å². The van der Waals surface area contributed by atoms with Crippen molar-refractivity contribution in [3.05, 3.63) is 60.7 Å². The van der Waals surface area contributed by atoms with E-state index in [2.05, 4.69) is 9.97 Å². The molecule has 3 aromatic rings. The lowest BCUT2D eigenvalue weighted by Gasteiger charge is -1.99. The van der Waals surface area contributed by atoms with Crippen LogP contribution in [0.15, 0.2) is 55.0 Å². The summed E-state index contributed by atoms with van der Waals surface area (Å²) >= 11 is 0. The van der Waals surface area contributed by atoms with Gasteiger partial charge < -0.3 is 5.11 Å². The number of hydrogen-bond donors (Lipinski definition) is 1. The Hall–Kier alpha value is -2.95. The van der Waals surface area contributed by atoms with E-state index in [0.717, 1.165) is 23.0 Å². The van der Waals surface area contributed by atoms with Crippen molar-refractivity contribution in [2.24, 2.45) is 0 Å². The summed E-state index contributed by atoms with van der Waals surface area (Å²) < 4.78 is 1.92. The van der Waals surface area contributed by atoms with Crippen LogP contribution in [-0.2, 0) is 4.79 Å². The molecule has 0 aromatic carbocycles. The maximum atomic E-state index is 10.7. The molecule has 0 unspecified atom stereocenters. The Kier molecular flexibility index (Phi) is 3.01. The number of rotatable bonds is 3. The van der Waals surface area contributed by atoms with E-state index in [0.29, 0.717) is 5.69 Å². The van der Waals surface area contributed by atoms with Gasteiger partial charge >= 0.3 is 5.97 Å². The molecule has 0 bridgehead atoms. The van der Waals surface area contributed by atoms with E-state index >= 15 is 0 Å². The molecule has 3 heterocycles. The van der Waals surface area contributed by atoms with E-state index in [-0.39, 0.29) is 0 Å². The molecule has 5 heteroatoms. The summed E-state index contributed by atoms with van der Waals surface area (Å²) in [7, 11) is 0. The minimum absolute atomic E-state index is 0.617. The van der Waals surface area contributed by atoms with Gasteiger partial charge in [0.15, 0.2) is 0 Å². The van der Waals surface area contributed by atoms with Gasteiger partial charge in [0.1, 0.15) is 5.82 Å². The van der Waals surface area contributed by atoms with Crippen molar-refractivity contribution in [1.29, 1.82) is 0 Å². The van der Waals surface area contributed by atoms with E-state index < -0.39 is 5.97 Å². The predicted octanol–water partition coefficient (Wildman–Crippen LogP) is 2.49. The van der Waals surface area contributed by atoms with E-state index in [4.69, 9.17) is 5.11 Å². The molecule has 0 saturated carbocycles.